The first-order valence-corrected chi connectivity index (χ1v) is 3.45. The van der Waals surface area contributed by atoms with Crippen LogP contribution in [0.4, 0.5) is 0 Å². The highest BCUT2D eigenvalue weighted by Gasteiger charge is 2.01. The first-order valence-electron chi connectivity index (χ1n) is 3.45. The molecule has 0 aliphatic heterocycles. The van der Waals surface area contributed by atoms with E-state index in [4.69, 9.17) is 11.6 Å². The van der Waals surface area contributed by atoms with Gasteiger partial charge in [-0.1, -0.05) is 13.8 Å². The van der Waals surface area contributed by atoms with Crippen LogP contribution in [0.3, 0.4) is 0 Å². The van der Waals surface area contributed by atoms with E-state index in [0.29, 0.717) is 0 Å². The molecule has 0 aromatic heterocycles. The van der Waals surface area contributed by atoms with E-state index in [2.05, 4.69) is 6.92 Å². The second kappa shape index (κ2) is 4.73. The first kappa shape index (κ1) is 8.88. The number of nitrogens with two attached hydrogens (primary N) is 2. The largest absolute Gasteiger partial charge is 0.326 e. The quantitative estimate of drug-likeness (QED) is 0.414. The number of rotatable bonds is 4. The minimum atomic E-state index is 0.231. The lowest BCUT2D eigenvalue weighted by molar-refractivity contribution is 0.276. The standard InChI is InChI=1S/C6H17N3/c1-3-6(7)5-9(8)4-2/h6H,3-5,7-8H2,1-2H3. The summed E-state index contributed by atoms with van der Waals surface area (Å²) in [6.07, 6.45) is 0.994. The second-order valence-electron chi connectivity index (χ2n) is 2.26. The third kappa shape index (κ3) is 4.39. The summed E-state index contributed by atoms with van der Waals surface area (Å²) >= 11 is 0. The molecule has 0 saturated carbocycles. The average molecular weight is 131 g/mol. The van der Waals surface area contributed by atoms with Crippen molar-refractivity contribution < 1.29 is 0 Å². The smallest absolute Gasteiger partial charge is 0.0280 e. The lowest BCUT2D eigenvalue weighted by atomic mass is 10.2. The second-order valence-corrected chi connectivity index (χ2v) is 2.26. The molecule has 0 aromatic carbocycles. The zero-order valence-electron chi connectivity index (χ0n) is 6.30. The van der Waals surface area contributed by atoms with Crippen LogP contribution in [0.15, 0.2) is 0 Å². The van der Waals surface area contributed by atoms with Gasteiger partial charge in [-0.25, -0.2) is 5.01 Å². The average Bonchev–Trinajstić information content (AvgIpc) is 1.87. The van der Waals surface area contributed by atoms with Gasteiger partial charge < -0.3 is 5.73 Å². The van der Waals surface area contributed by atoms with Gasteiger partial charge in [-0.05, 0) is 6.42 Å². The highest BCUT2D eigenvalue weighted by molar-refractivity contribution is 4.60. The highest BCUT2D eigenvalue weighted by Crippen LogP contribution is 1.86. The SMILES string of the molecule is CCC(N)CN(N)CC. The molecule has 0 saturated heterocycles. The third-order valence-electron chi connectivity index (χ3n) is 1.40. The van der Waals surface area contributed by atoms with E-state index in [-0.39, 0.29) is 6.04 Å². The molecule has 0 aliphatic rings. The Balaban J connectivity index is 3.22. The third-order valence-corrected chi connectivity index (χ3v) is 1.40. The summed E-state index contributed by atoms with van der Waals surface area (Å²) in [5.74, 6) is 5.50. The van der Waals surface area contributed by atoms with Crippen LogP contribution in [0.25, 0.3) is 0 Å². The maximum Gasteiger partial charge on any atom is 0.0280 e. The fourth-order valence-corrected chi connectivity index (χ4v) is 0.559. The van der Waals surface area contributed by atoms with Crippen molar-refractivity contribution in [1.29, 1.82) is 0 Å². The van der Waals surface area contributed by atoms with E-state index in [1.807, 2.05) is 6.92 Å². The summed E-state index contributed by atoms with van der Waals surface area (Å²) in [4.78, 5) is 0. The molecular weight excluding hydrogens is 114 g/mol. The Morgan fingerprint density at radius 1 is 1.44 bits per heavy atom. The summed E-state index contributed by atoms with van der Waals surface area (Å²) in [5.41, 5.74) is 5.63. The first-order chi connectivity index (χ1) is 4.20. The monoisotopic (exact) mass is 131 g/mol. The Hall–Kier alpha value is -0.120. The summed E-state index contributed by atoms with van der Waals surface area (Å²) < 4.78 is 0. The van der Waals surface area contributed by atoms with Crippen LogP contribution in [0.5, 0.6) is 0 Å². The van der Waals surface area contributed by atoms with Crippen LogP contribution < -0.4 is 11.6 Å². The normalized spacial score (nSPS) is 14.3. The van der Waals surface area contributed by atoms with Crippen LogP contribution in [-0.4, -0.2) is 24.1 Å². The number of hydrogen-bond donors (Lipinski definition) is 2. The van der Waals surface area contributed by atoms with E-state index in [1.165, 1.54) is 0 Å². The van der Waals surface area contributed by atoms with Gasteiger partial charge in [0.05, 0.1) is 0 Å². The molecule has 0 aliphatic carbocycles. The number of hydrogen-bond acceptors (Lipinski definition) is 3. The molecule has 3 nitrogen and oxygen atoms in total. The predicted molar refractivity (Wildman–Crippen MR) is 39.7 cm³/mol. The molecular formula is C6H17N3. The summed E-state index contributed by atoms with van der Waals surface area (Å²) in [5, 5.41) is 1.73. The zero-order chi connectivity index (χ0) is 7.28. The Bertz CT molecular complexity index is 57.3. The molecule has 0 spiro atoms. The van der Waals surface area contributed by atoms with Gasteiger partial charge in [-0.3, -0.25) is 5.84 Å². The van der Waals surface area contributed by atoms with Gasteiger partial charge in [0.2, 0.25) is 0 Å². The van der Waals surface area contributed by atoms with Crippen molar-refractivity contribution in [3.63, 3.8) is 0 Å². The molecule has 1 atom stereocenters. The van der Waals surface area contributed by atoms with Crippen molar-refractivity contribution in [3.05, 3.63) is 0 Å². The summed E-state index contributed by atoms with van der Waals surface area (Å²) in [6, 6.07) is 0.231. The minimum Gasteiger partial charge on any atom is -0.326 e. The molecule has 0 aromatic rings. The molecule has 0 amide bonds. The molecule has 9 heavy (non-hydrogen) atoms. The maximum absolute atomic E-state index is 5.63. The van der Waals surface area contributed by atoms with Gasteiger partial charge in [0.1, 0.15) is 0 Å². The van der Waals surface area contributed by atoms with Crippen molar-refractivity contribution in [1.82, 2.24) is 5.01 Å². The van der Waals surface area contributed by atoms with Crippen molar-refractivity contribution in [2.24, 2.45) is 11.6 Å². The van der Waals surface area contributed by atoms with Crippen molar-refractivity contribution >= 4 is 0 Å². The van der Waals surface area contributed by atoms with Crippen molar-refractivity contribution in [3.8, 4) is 0 Å². The molecule has 3 heteroatoms. The molecule has 56 valence electrons. The Kier molecular flexibility index (Phi) is 4.67. The molecule has 0 fully saturated rings. The number of nitrogens with zero attached hydrogens (tertiary/aromatic N) is 1. The fourth-order valence-electron chi connectivity index (χ4n) is 0.559. The van der Waals surface area contributed by atoms with Gasteiger partial charge in [-0.15, -0.1) is 0 Å². The summed E-state index contributed by atoms with van der Waals surface area (Å²) in [7, 11) is 0. The van der Waals surface area contributed by atoms with Gasteiger partial charge in [0.15, 0.2) is 0 Å². The van der Waals surface area contributed by atoms with E-state index in [9.17, 15) is 0 Å². The van der Waals surface area contributed by atoms with E-state index >= 15 is 0 Å². The molecule has 0 rings (SSSR count). The van der Waals surface area contributed by atoms with Crippen LogP contribution in [0.1, 0.15) is 20.3 Å². The lowest BCUT2D eigenvalue weighted by Gasteiger charge is -2.17. The zero-order valence-corrected chi connectivity index (χ0v) is 6.30. The topological polar surface area (TPSA) is 55.3 Å². The molecule has 1 unspecified atom stereocenters. The van der Waals surface area contributed by atoms with Gasteiger partial charge >= 0.3 is 0 Å². The van der Waals surface area contributed by atoms with Crippen LogP contribution in [0, 0.1) is 0 Å². The molecule has 0 radical (unpaired) electrons. The highest BCUT2D eigenvalue weighted by atomic mass is 15.4. The van der Waals surface area contributed by atoms with Crippen LogP contribution in [-0.2, 0) is 0 Å². The maximum atomic E-state index is 5.63. The van der Waals surface area contributed by atoms with Crippen LogP contribution in [0.2, 0.25) is 0 Å². The van der Waals surface area contributed by atoms with E-state index in [1.54, 1.807) is 5.01 Å². The Morgan fingerprint density at radius 2 is 2.00 bits per heavy atom. The van der Waals surface area contributed by atoms with Crippen molar-refractivity contribution in [2.45, 2.75) is 26.3 Å². The lowest BCUT2D eigenvalue weighted by Crippen LogP contribution is -2.41. The predicted octanol–water partition coefficient (Wildman–Crippen LogP) is -0.0807. The van der Waals surface area contributed by atoms with Gasteiger partial charge in [-0.2, -0.15) is 0 Å². The number of likely N-dealkylation sites (N-methyl/N-ethyl adjacent to an activating group) is 1. The molecule has 0 bridgehead atoms. The van der Waals surface area contributed by atoms with Gasteiger partial charge in [0, 0.05) is 19.1 Å². The number of hydrazine groups is 1. The van der Waals surface area contributed by atoms with E-state index < -0.39 is 0 Å². The van der Waals surface area contributed by atoms with Gasteiger partial charge in [0.25, 0.3) is 0 Å². The Labute approximate surface area is 57.0 Å². The minimum absolute atomic E-state index is 0.231. The molecule has 4 N–H and O–H groups in total. The fraction of sp³-hybridized carbons (Fsp3) is 1.00. The summed E-state index contributed by atoms with van der Waals surface area (Å²) in [6.45, 7) is 5.75. The Morgan fingerprint density at radius 3 is 2.33 bits per heavy atom. The molecule has 0 heterocycles. The van der Waals surface area contributed by atoms with E-state index in [0.717, 1.165) is 19.5 Å². The van der Waals surface area contributed by atoms with Crippen LogP contribution >= 0.6 is 0 Å². The van der Waals surface area contributed by atoms with Crippen molar-refractivity contribution in [2.75, 3.05) is 13.1 Å².